The molecule has 5 heteroatoms. The van der Waals surface area contributed by atoms with E-state index < -0.39 is 0 Å². The predicted octanol–water partition coefficient (Wildman–Crippen LogP) is 2.26. The number of rotatable bonds is 0. The van der Waals surface area contributed by atoms with Crippen LogP contribution in [0.25, 0.3) is 20.4 Å². The number of thiophene rings is 1. The Labute approximate surface area is 88.5 Å². The molecule has 3 aromatic rings. The van der Waals surface area contributed by atoms with Gasteiger partial charge in [0.1, 0.15) is 9.66 Å². The van der Waals surface area contributed by atoms with Crippen LogP contribution < -0.4 is 0 Å². The van der Waals surface area contributed by atoms with Gasteiger partial charge in [-0.1, -0.05) is 11.3 Å². The lowest BCUT2D eigenvalue weighted by Gasteiger charge is -1.91. The standard InChI is InChI=1S/C10H6N2O2S/c13-7-3-1-5-6-2-4-8(14)12-10(6)15-9(5)11-7/h1-4H,(H,11,13)(H,12,14). The van der Waals surface area contributed by atoms with Gasteiger partial charge in [0.15, 0.2) is 0 Å². The van der Waals surface area contributed by atoms with Crippen molar-refractivity contribution in [2.45, 2.75) is 0 Å². The zero-order valence-corrected chi connectivity index (χ0v) is 8.32. The van der Waals surface area contributed by atoms with Crippen LogP contribution in [0.2, 0.25) is 0 Å². The lowest BCUT2D eigenvalue weighted by Crippen LogP contribution is -1.73. The summed E-state index contributed by atoms with van der Waals surface area (Å²) in [6, 6.07) is 6.69. The molecule has 15 heavy (non-hydrogen) atoms. The van der Waals surface area contributed by atoms with E-state index >= 15 is 0 Å². The van der Waals surface area contributed by atoms with Gasteiger partial charge < -0.3 is 10.2 Å². The third-order valence-electron chi connectivity index (χ3n) is 2.17. The van der Waals surface area contributed by atoms with E-state index in [2.05, 4.69) is 9.97 Å². The quantitative estimate of drug-likeness (QED) is 0.607. The molecule has 0 aliphatic rings. The summed E-state index contributed by atoms with van der Waals surface area (Å²) in [6.07, 6.45) is 0. The van der Waals surface area contributed by atoms with Crippen molar-refractivity contribution < 1.29 is 10.2 Å². The van der Waals surface area contributed by atoms with Crippen LogP contribution >= 0.6 is 11.3 Å². The van der Waals surface area contributed by atoms with Gasteiger partial charge in [0.2, 0.25) is 11.8 Å². The second-order valence-corrected chi connectivity index (χ2v) is 4.12. The van der Waals surface area contributed by atoms with E-state index in [0.717, 1.165) is 20.4 Å². The molecule has 4 nitrogen and oxygen atoms in total. The van der Waals surface area contributed by atoms with Crippen LogP contribution in [0, 0.1) is 0 Å². The van der Waals surface area contributed by atoms with E-state index in [9.17, 15) is 10.2 Å². The molecule has 0 fully saturated rings. The monoisotopic (exact) mass is 218 g/mol. The Bertz CT molecular complexity index is 607. The van der Waals surface area contributed by atoms with E-state index in [1.54, 1.807) is 24.3 Å². The van der Waals surface area contributed by atoms with E-state index in [4.69, 9.17) is 0 Å². The minimum atomic E-state index is -0.00159. The van der Waals surface area contributed by atoms with Gasteiger partial charge in [-0.15, -0.1) is 0 Å². The third-order valence-corrected chi connectivity index (χ3v) is 3.18. The summed E-state index contributed by atoms with van der Waals surface area (Å²) in [6.45, 7) is 0. The van der Waals surface area contributed by atoms with Crippen LogP contribution in [-0.2, 0) is 0 Å². The predicted molar refractivity (Wildman–Crippen MR) is 58.3 cm³/mol. The fourth-order valence-electron chi connectivity index (χ4n) is 1.52. The Kier molecular flexibility index (Phi) is 1.58. The second-order valence-electron chi connectivity index (χ2n) is 3.15. The van der Waals surface area contributed by atoms with Crippen molar-refractivity contribution in [2.75, 3.05) is 0 Å². The van der Waals surface area contributed by atoms with Crippen molar-refractivity contribution >= 4 is 31.8 Å². The highest BCUT2D eigenvalue weighted by Gasteiger charge is 2.08. The van der Waals surface area contributed by atoms with Gasteiger partial charge in [-0.05, 0) is 12.1 Å². The minimum Gasteiger partial charge on any atom is -0.493 e. The molecule has 3 aromatic heterocycles. The lowest BCUT2D eigenvalue weighted by molar-refractivity contribution is 0.455. The molecule has 0 aliphatic carbocycles. The van der Waals surface area contributed by atoms with Crippen LogP contribution in [0.1, 0.15) is 0 Å². The highest BCUT2D eigenvalue weighted by molar-refractivity contribution is 7.25. The SMILES string of the molecule is Oc1ccc2c(n1)sc1nc(O)ccc12. The molecule has 0 atom stereocenters. The van der Waals surface area contributed by atoms with Gasteiger partial charge in [-0.2, -0.15) is 0 Å². The van der Waals surface area contributed by atoms with Crippen molar-refractivity contribution in [1.82, 2.24) is 9.97 Å². The van der Waals surface area contributed by atoms with Crippen LogP contribution in [0.3, 0.4) is 0 Å². The fraction of sp³-hybridized carbons (Fsp3) is 0. The number of hydrogen-bond donors (Lipinski definition) is 2. The van der Waals surface area contributed by atoms with Crippen LogP contribution in [0.15, 0.2) is 24.3 Å². The number of nitrogens with zero attached hydrogens (tertiary/aromatic N) is 2. The molecule has 74 valence electrons. The zero-order valence-electron chi connectivity index (χ0n) is 7.51. The lowest BCUT2D eigenvalue weighted by atomic mass is 10.2. The average Bonchev–Trinajstić information content (AvgIpc) is 2.53. The summed E-state index contributed by atoms with van der Waals surface area (Å²) in [4.78, 5) is 9.44. The Balaban J connectivity index is 2.51. The van der Waals surface area contributed by atoms with Crippen molar-refractivity contribution in [1.29, 1.82) is 0 Å². The Morgan fingerprint density at radius 1 is 0.800 bits per heavy atom. The normalized spacial score (nSPS) is 11.2. The zero-order chi connectivity index (χ0) is 10.4. The molecular weight excluding hydrogens is 212 g/mol. The highest BCUT2D eigenvalue weighted by Crippen LogP contribution is 2.33. The van der Waals surface area contributed by atoms with Gasteiger partial charge in [0, 0.05) is 22.9 Å². The minimum absolute atomic E-state index is 0.00159. The Hall–Kier alpha value is -1.88. The topological polar surface area (TPSA) is 66.2 Å². The molecular formula is C10H6N2O2S. The summed E-state index contributed by atoms with van der Waals surface area (Å²) in [5.74, 6) is -0.00319. The number of aromatic hydroxyl groups is 2. The van der Waals surface area contributed by atoms with Gasteiger partial charge in [-0.3, -0.25) is 0 Å². The molecule has 0 saturated heterocycles. The van der Waals surface area contributed by atoms with Crippen LogP contribution in [0.4, 0.5) is 0 Å². The molecule has 2 N–H and O–H groups in total. The maximum absolute atomic E-state index is 9.24. The Morgan fingerprint density at radius 2 is 1.27 bits per heavy atom. The Morgan fingerprint density at radius 3 is 1.73 bits per heavy atom. The van der Waals surface area contributed by atoms with Crippen molar-refractivity contribution in [3.05, 3.63) is 24.3 Å². The number of pyridine rings is 2. The number of fused-ring (bicyclic) bond motifs is 3. The molecule has 0 aliphatic heterocycles. The maximum atomic E-state index is 9.24. The first kappa shape index (κ1) is 8.43. The summed E-state index contributed by atoms with van der Waals surface area (Å²) >= 11 is 1.35. The summed E-state index contributed by atoms with van der Waals surface area (Å²) in [5.41, 5.74) is 0. The van der Waals surface area contributed by atoms with E-state index in [0.29, 0.717) is 0 Å². The highest BCUT2D eigenvalue weighted by atomic mass is 32.1. The van der Waals surface area contributed by atoms with Gasteiger partial charge in [0.25, 0.3) is 0 Å². The van der Waals surface area contributed by atoms with E-state index in [1.807, 2.05) is 0 Å². The molecule has 0 bridgehead atoms. The fourth-order valence-corrected chi connectivity index (χ4v) is 2.56. The smallest absolute Gasteiger partial charge is 0.212 e. The third kappa shape index (κ3) is 1.20. The number of hydrogen-bond acceptors (Lipinski definition) is 5. The summed E-state index contributed by atoms with van der Waals surface area (Å²) in [7, 11) is 0. The first-order chi connectivity index (χ1) is 7.24. The maximum Gasteiger partial charge on any atom is 0.212 e. The van der Waals surface area contributed by atoms with Crippen molar-refractivity contribution in [2.24, 2.45) is 0 Å². The van der Waals surface area contributed by atoms with Gasteiger partial charge in [0.05, 0.1) is 0 Å². The number of aromatic nitrogens is 2. The molecule has 3 rings (SSSR count). The molecule has 0 unspecified atom stereocenters. The largest absolute Gasteiger partial charge is 0.493 e. The van der Waals surface area contributed by atoms with Crippen molar-refractivity contribution in [3.63, 3.8) is 0 Å². The van der Waals surface area contributed by atoms with Crippen LogP contribution in [0.5, 0.6) is 11.8 Å². The van der Waals surface area contributed by atoms with Crippen molar-refractivity contribution in [3.8, 4) is 11.8 Å². The van der Waals surface area contributed by atoms with E-state index in [1.165, 1.54) is 11.3 Å². The molecule has 0 aromatic carbocycles. The van der Waals surface area contributed by atoms with Gasteiger partial charge >= 0.3 is 0 Å². The molecule has 0 saturated carbocycles. The molecule has 3 heterocycles. The van der Waals surface area contributed by atoms with E-state index in [-0.39, 0.29) is 11.8 Å². The first-order valence-electron chi connectivity index (χ1n) is 4.32. The molecule has 0 spiro atoms. The van der Waals surface area contributed by atoms with Crippen LogP contribution in [-0.4, -0.2) is 20.2 Å². The second kappa shape index (κ2) is 2.80. The molecule has 0 radical (unpaired) electrons. The van der Waals surface area contributed by atoms with Gasteiger partial charge in [-0.25, -0.2) is 9.97 Å². The molecule has 0 amide bonds. The summed E-state index contributed by atoms with van der Waals surface area (Å²) in [5, 5.41) is 20.4. The summed E-state index contributed by atoms with van der Waals surface area (Å²) < 4.78 is 0. The average molecular weight is 218 g/mol. The first-order valence-corrected chi connectivity index (χ1v) is 5.14.